The van der Waals surface area contributed by atoms with Crippen molar-refractivity contribution in [1.29, 1.82) is 0 Å². The summed E-state index contributed by atoms with van der Waals surface area (Å²) in [6.07, 6.45) is 1.22. The molecule has 0 unspecified atom stereocenters. The number of amides is 1. The summed E-state index contributed by atoms with van der Waals surface area (Å²) >= 11 is 0. The van der Waals surface area contributed by atoms with Crippen molar-refractivity contribution in [2.75, 3.05) is 37.8 Å². The Morgan fingerprint density at radius 1 is 1.10 bits per heavy atom. The summed E-state index contributed by atoms with van der Waals surface area (Å²) in [6, 6.07) is 11.7. The first-order chi connectivity index (χ1) is 14.1. The molecule has 1 amide bonds. The molecule has 2 aromatic rings. The molecule has 1 fully saturated rings. The predicted octanol–water partition coefficient (Wildman–Crippen LogP) is 2.23. The zero-order valence-electron chi connectivity index (χ0n) is 16.9. The van der Waals surface area contributed by atoms with E-state index in [0.717, 1.165) is 5.56 Å². The highest BCUT2D eigenvalue weighted by Crippen LogP contribution is 2.25. The minimum absolute atomic E-state index is 0.0425. The lowest BCUT2D eigenvalue weighted by Gasteiger charge is -2.33. The van der Waals surface area contributed by atoms with Gasteiger partial charge in [-0.25, -0.2) is 8.42 Å². The van der Waals surface area contributed by atoms with E-state index in [0.29, 0.717) is 49.5 Å². The third-order valence-corrected chi connectivity index (χ3v) is 6.48. The number of nitro groups is 1. The number of carbonyl (C=O) groups excluding carboxylic acids is 1. The number of rotatable bonds is 6. The fourth-order valence-corrected chi connectivity index (χ4v) is 4.22. The number of hydrogen-bond donors (Lipinski definition) is 1. The molecule has 30 heavy (non-hydrogen) atoms. The fourth-order valence-electron chi connectivity index (χ4n) is 3.39. The van der Waals surface area contributed by atoms with Gasteiger partial charge in [0.25, 0.3) is 11.6 Å². The smallest absolute Gasteiger partial charge is 0.274 e. The summed E-state index contributed by atoms with van der Waals surface area (Å²) in [4.78, 5) is 25.3. The van der Waals surface area contributed by atoms with Crippen molar-refractivity contribution in [3.63, 3.8) is 0 Å². The Hall–Kier alpha value is -2.82. The van der Waals surface area contributed by atoms with E-state index in [1.165, 1.54) is 22.7 Å². The second kappa shape index (κ2) is 8.90. The van der Waals surface area contributed by atoms with E-state index in [-0.39, 0.29) is 11.6 Å². The van der Waals surface area contributed by atoms with Crippen molar-refractivity contribution >= 4 is 27.3 Å². The molecule has 0 spiro atoms. The number of sulfonamides is 1. The van der Waals surface area contributed by atoms with Crippen LogP contribution in [0.5, 0.6) is 0 Å². The normalized spacial score (nSPS) is 15.7. The Morgan fingerprint density at radius 2 is 1.73 bits per heavy atom. The second-order valence-corrected chi connectivity index (χ2v) is 9.28. The standard InChI is InChI=1S/C20H24N4O5S/c1-15-18(4-3-5-19(15)24(26)27)21-20(25)17-8-6-16(7-9-17)14-22-10-12-23(13-11-22)30(2,28)29/h3-9H,10-14H2,1-2H3,(H,21,25). The highest BCUT2D eigenvalue weighted by molar-refractivity contribution is 7.88. The number of nitrogens with one attached hydrogen (secondary N) is 1. The minimum atomic E-state index is -3.15. The van der Waals surface area contributed by atoms with Gasteiger partial charge in [0.05, 0.1) is 22.4 Å². The van der Waals surface area contributed by atoms with Crippen LogP contribution in [0, 0.1) is 17.0 Å². The van der Waals surface area contributed by atoms with Gasteiger partial charge in [0, 0.05) is 44.4 Å². The molecule has 0 atom stereocenters. The average Bonchev–Trinajstić information content (AvgIpc) is 2.69. The summed E-state index contributed by atoms with van der Waals surface area (Å²) in [5, 5.41) is 13.8. The third-order valence-electron chi connectivity index (χ3n) is 5.17. The molecule has 0 radical (unpaired) electrons. The summed E-state index contributed by atoms with van der Waals surface area (Å²) in [6.45, 7) is 4.52. The fraction of sp³-hybridized carbons (Fsp3) is 0.350. The molecule has 9 nitrogen and oxygen atoms in total. The monoisotopic (exact) mass is 432 g/mol. The largest absolute Gasteiger partial charge is 0.321 e. The van der Waals surface area contributed by atoms with Crippen LogP contribution in [0.15, 0.2) is 42.5 Å². The van der Waals surface area contributed by atoms with Crippen molar-refractivity contribution in [2.45, 2.75) is 13.5 Å². The van der Waals surface area contributed by atoms with Crippen LogP contribution in [0.2, 0.25) is 0 Å². The predicted molar refractivity (Wildman–Crippen MR) is 114 cm³/mol. The van der Waals surface area contributed by atoms with Crippen LogP contribution in [-0.4, -0.2) is 60.9 Å². The number of benzene rings is 2. The molecule has 0 aliphatic carbocycles. The number of nitro benzene ring substituents is 1. The topological polar surface area (TPSA) is 113 Å². The van der Waals surface area contributed by atoms with Gasteiger partial charge in [0.15, 0.2) is 0 Å². The Labute approximate surface area is 175 Å². The average molecular weight is 433 g/mol. The zero-order valence-corrected chi connectivity index (χ0v) is 17.7. The Morgan fingerprint density at radius 3 is 2.30 bits per heavy atom. The molecule has 2 aromatic carbocycles. The summed E-state index contributed by atoms with van der Waals surface area (Å²) in [5.41, 5.74) is 2.24. The molecule has 1 heterocycles. The highest BCUT2D eigenvalue weighted by Gasteiger charge is 2.23. The van der Waals surface area contributed by atoms with Crippen molar-refractivity contribution in [2.24, 2.45) is 0 Å². The van der Waals surface area contributed by atoms with Crippen LogP contribution in [-0.2, 0) is 16.6 Å². The summed E-state index contributed by atoms with van der Waals surface area (Å²) in [7, 11) is -3.15. The highest BCUT2D eigenvalue weighted by atomic mass is 32.2. The van der Waals surface area contributed by atoms with Crippen molar-refractivity contribution in [1.82, 2.24) is 9.21 Å². The van der Waals surface area contributed by atoms with Crippen molar-refractivity contribution < 1.29 is 18.1 Å². The van der Waals surface area contributed by atoms with Gasteiger partial charge < -0.3 is 5.32 Å². The zero-order chi connectivity index (χ0) is 21.9. The van der Waals surface area contributed by atoms with Crippen LogP contribution >= 0.6 is 0 Å². The van der Waals surface area contributed by atoms with Crippen LogP contribution in [0.1, 0.15) is 21.5 Å². The van der Waals surface area contributed by atoms with E-state index < -0.39 is 14.9 Å². The van der Waals surface area contributed by atoms with E-state index in [9.17, 15) is 23.3 Å². The maximum atomic E-state index is 12.5. The van der Waals surface area contributed by atoms with Crippen LogP contribution < -0.4 is 5.32 Å². The van der Waals surface area contributed by atoms with Gasteiger partial charge >= 0.3 is 0 Å². The lowest BCUT2D eigenvalue weighted by molar-refractivity contribution is -0.385. The van der Waals surface area contributed by atoms with E-state index in [1.807, 2.05) is 12.1 Å². The van der Waals surface area contributed by atoms with Crippen molar-refractivity contribution in [3.8, 4) is 0 Å². The molecule has 3 rings (SSSR count). The Kier molecular flexibility index (Phi) is 6.49. The molecule has 1 N–H and O–H groups in total. The quantitative estimate of drug-likeness (QED) is 0.553. The first-order valence-electron chi connectivity index (χ1n) is 9.47. The van der Waals surface area contributed by atoms with E-state index in [1.54, 1.807) is 25.1 Å². The van der Waals surface area contributed by atoms with Crippen LogP contribution in [0.3, 0.4) is 0 Å². The lowest BCUT2D eigenvalue weighted by Crippen LogP contribution is -2.47. The number of anilines is 1. The van der Waals surface area contributed by atoms with Gasteiger partial charge in [0.1, 0.15) is 0 Å². The van der Waals surface area contributed by atoms with E-state index >= 15 is 0 Å². The van der Waals surface area contributed by atoms with Crippen LogP contribution in [0.25, 0.3) is 0 Å². The molecule has 10 heteroatoms. The molecule has 160 valence electrons. The molecule has 1 aliphatic heterocycles. The molecule has 0 saturated carbocycles. The van der Waals surface area contributed by atoms with Gasteiger partial charge in [-0.2, -0.15) is 4.31 Å². The summed E-state index contributed by atoms with van der Waals surface area (Å²) < 4.78 is 24.7. The van der Waals surface area contributed by atoms with Gasteiger partial charge in [-0.05, 0) is 30.7 Å². The molecule has 0 bridgehead atoms. The number of piperazine rings is 1. The third kappa shape index (κ3) is 5.21. The van der Waals surface area contributed by atoms with Gasteiger partial charge in [-0.3, -0.25) is 19.8 Å². The maximum Gasteiger partial charge on any atom is 0.274 e. The number of nitrogens with zero attached hydrogens (tertiary/aromatic N) is 3. The first kappa shape index (κ1) is 21.9. The molecule has 1 aliphatic rings. The lowest BCUT2D eigenvalue weighted by atomic mass is 10.1. The van der Waals surface area contributed by atoms with Gasteiger partial charge in [-0.1, -0.05) is 18.2 Å². The molecular formula is C20H24N4O5S. The second-order valence-electron chi connectivity index (χ2n) is 7.30. The molecule has 0 aromatic heterocycles. The Balaban J connectivity index is 1.60. The van der Waals surface area contributed by atoms with Gasteiger partial charge in [-0.15, -0.1) is 0 Å². The SMILES string of the molecule is Cc1c(NC(=O)c2ccc(CN3CCN(S(C)(=O)=O)CC3)cc2)cccc1[N+](=O)[O-]. The molecule has 1 saturated heterocycles. The van der Waals surface area contributed by atoms with E-state index in [4.69, 9.17) is 0 Å². The number of hydrogen-bond acceptors (Lipinski definition) is 6. The molecular weight excluding hydrogens is 408 g/mol. The number of carbonyl (C=O) groups is 1. The van der Waals surface area contributed by atoms with Gasteiger partial charge in [0.2, 0.25) is 10.0 Å². The van der Waals surface area contributed by atoms with E-state index in [2.05, 4.69) is 10.2 Å². The van der Waals surface area contributed by atoms with Crippen molar-refractivity contribution in [3.05, 3.63) is 69.3 Å². The Bertz CT molecular complexity index is 1050. The first-order valence-corrected chi connectivity index (χ1v) is 11.3. The minimum Gasteiger partial charge on any atom is -0.321 e. The van der Waals surface area contributed by atoms with Crippen LogP contribution in [0.4, 0.5) is 11.4 Å². The summed E-state index contributed by atoms with van der Waals surface area (Å²) in [5.74, 6) is -0.341. The maximum absolute atomic E-state index is 12.5.